The number of aliphatic carboxylic acids is 1. The third-order valence-corrected chi connectivity index (χ3v) is 4.76. The largest absolute Gasteiger partial charge is 0.482 e. The van der Waals surface area contributed by atoms with Crippen LogP contribution in [-0.2, 0) is 26.1 Å². The summed E-state index contributed by atoms with van der Waals surface area (Å²) in [6, 6.07) is 13.4. The molecule has 0 saturated carbocycles. The molecule has 1 amide bonds. The van der Waals surface area contributed by atoms with Gasteiger partial charge in [0.25, 0.3) is 5.91 Å². The fourth-order valence-corrected chi connectivity index (χ4v) is 3.30. The van der Waals surface area contributed by atoms with Crippen molar-refractivity contribution in [2.45, 2.75) is 5.75 Å². The number of methoxy groups -OCH3 is 1. The van der Waals surface area contributed by atoms with Crippen molar-refractivity contribution in [3.8, 4) is 5.75 Å². The highest BCUT2D eigenvalue weighted by Gasteiger charge is 2.09. The Kier molecular flexibility index (Phi) is 7.97. The number of hydrogen-bond acceptors (Lipinski definition) is 5. The Morgan fingerprint density at radius 1 is 1.15 bits per heavy atom. The van der Waals surface area contributed by atoms with E-state index in [1.807, 2.05) is 6.07 Å². The molecule has 1 atom stereocenters. The van der Waals surface area contributed by atoms with Gasteiger partial charge in [-0.05, 0) is 35.9 Å². The standard InChI is InChI=1S/C19H21NO6S/c1-25-8-9-27(24)13-14-4-2-6-16(10-14)20-19(23)15-5-3-7-17(11-15)26-12-18(21)22/h2-7,10-11H,8-9,12-13H2,1H3,(H,20,23)(H,21,22). The van der Waals surface area contributed by atoms with Gasteiger partial charge >= 0.3 is 5.97 Å². The smallest absolute Gasteiger partial charge is 0.341 e. The molecule has 1 unspecified atom stereocenters. The predicted molar refractivity (Wildman–Crippen MR) is 103 cm³/mol. The summed E-state index contributed by atoms with van der Waals surface area (Å²) in [4.78, 5) is 23.0. The topological polar surface area (TPSA) is 102 Å². The second-order valence-electron chi connectivity index (χ2n) is 5.65. The van der Waals surface area contributed by atoms with Gasteiger partial charge in [0.15, 0.2) is 6.61 Å². The van der Waals surface area contributed by atoms with E-state index >= 15 is 0 Å². The normalized spacial score (nSPS) is 11.6. The molecule has 0 radical (unpaired) electrons. The van der Waals surface area contributed by atoms with Gasteiger partial charge in [0.05, 0.1) is 6.61 Å². The number of nitrogens with one attached hydrogen (secondary N) is 1. The summed E-state index contributed by atoms with van der Waals surface area (Å²) in [5.74, 6) is -0.313. The Hall–Kier alpha value is -2.71. The molecule has 7 nitrogen and oxygen atoms in total. The first kappa shape index (κ1) is 20.6. The Labute approximate surface area is 159 Å². The minimum Gasteiger partial charge on any atom is -0.482 e. The molecule has 2 N–H and O–H groups in total. The number of carbonyl (C=O) groups excluding carboxylic acids is 1. The van der Waals surface area contributed by atoms with Crippen molar-refractivity contribution in [3.05, 3.63) is 59.7 Å². The molecule has 0 aliphatic heterocycles. The molecule has 0 spiro atoms. The van der Waals surface area contributed by atoms with E-state index in [-0.39, 0.29) is 5.91 Å². The van der Waals surface area contributed by atoms with Gasteiger partial charge in [-0.15, -0.1) is 0 Å². The van der Waals surface area contributed by atoms with Gasteiger partial charge in [-0.1, -0.05) is 18.2 Å². The number of hydrogen-bond donors (Lipinski definition) is 2. The zero-order valence-corrected chi connectivity index (χ0v) is 15.7. The van der Waals surface area contributed by atoms with Gasteiger partial charge in [-0.25, -0.2) is 4.79 Å². The second kappa shape index (κ2) is 10.4. The van der Waals surface area contributed by atoms with Gasteiger partial charge in [-0.3, -0.25) is 9.00 Å². The Morgan fingerprint density at radius 3 is 2.67 bits per heavy atom. The molecule has 27 heavy (non-hydrogen) atoms. The fraction of sp³-hybridized carbons (Fsp3) is 0.263. The van der Waals surface area contributed by atoms with Crippen LogP contribution >= 0.6 is 0 Å². The highest BCUT2D eigenvalue weighted by molar-refractivity contribution is 7.84. The van der Waals surface area contributed by atoms with Crippen LogP contribution in [0.25, 0.3) is 0 Å². The van der Waals surface area contributed by atoms with Crippen LogP contribution in [0.4, 0.5) is 5.69 Å². The van der Waals surface area contributed by atoms with E-state index in [9.17, 15) is 13.8 Å². The highest BCUT2D eigenvalue weighted by atomic mass is 32.2. The average molecular weight is 391 g/mol. The molecular weight excluding hydrogens is 370 g/mol. The quantitative estimate of drug-likeness (QED) is 0.644. The van der Waals surface area contributed by atoms with Crippen LogP contribution in [0.2, 0.25) is 0 Å². The van der Waals surface area contributed by atoms with Crippen LogP contribution < -0.4 is 10.1 Å². The van der Waals surface area contributed by atoms with Crippen molar-refractivity contribution < 1.29 is 28.4 Å². The van der Waals surface area contributed by atoms with Crippen molar-refractivity contribution in [1.82, 2.24) is 0 Å². The molecule has 8 heteroatoms. The minimum absolute atomic E-state index is 0.298. The molecule has 2 aromatic rings. The molecule has 0 aliphatic rings. The Morgan fingerprint density at radius 2 is 1.93 bits per heavy atom. The summed E-state index contributed by atoms with van der Waals surface area (Å²) in [6.07, 6.45) is 0. The second-order valence-corrected chi connectivity index (χ2v) is 7.22. The van der Waals surface area contributed by atoms with Gasteiger partial charge < -0.3 is 19.9 Å². The maximum absolute atomic E-state index is 12.4. The summed E-state index contributed by atoms with van der Waals surface area (Å²) >= 11 is 0. The summed E-state index contributed by atoms with van der Waals surface area (Å²) in [7, 11) is 0.525. The van der Waals surface area contributed by atoms with Crippen molar-refractivity contribution in [2.75, 3.05) is 31.4 Å². The molecular formula is C19H21NO6S. The van der Waals surface area contributed by atoms with E-state index in [2.05, 4.69) is 5.32 Å². The predicted octanol–water partition coefficient (Wildman–Crippen LogP) is 2.30. The summed E-state index contributed by atoms with van der Waals surface area (Å²) < 4.78 is 22.0. The maximum atomic E-state index is 12.4. The molecule has 2 aromatic carbocycles. The first-order chi connectivity index (χ1) is 13.0. The van der Waals surface area contributed by atoms with E-state index in [1.165, 1.54) is 6.07 Å². The first-order valence-corrected chi connectivity index (χ1v) is 9.65. The summed E-state index contributed by atoms with van der Waals surface area (Å²) in [5.41, 5.74) is 1.77. The third kappa shape index (κ3) is 7.20. The lowest BCUT2D eigenvalue weighted by Gasteiger charge is -2.09. The highest BCUT2D eigenvalue weighted by Crippen LogP contribution is 2.17. The van der Waals surface area contributed by atoms with Crippen molar-refractivity contribution in [3.63, 3.8) is 0 Å². The lowest BCUT2D eigenvalue weighted by molar-refractivity contribution is -0.139. The number of anilines is 1. The lowest BCUT2D eigenvalue weighted by atomic mass is 10.2. The SMILES string of the molecule is COCCS(=O)Cc1cccc(NC(=O)c2cccc(OCC(=O)O)c2)c1. The molecule has 0 saturated heterocycles. The van der Waals surface area contributed by atoms with Gasteiger partial charge in [0.2, 0.25) is 0 Å². The Bertz CT molecular complexity index is 823. The van der Waals surface area contributed by atoms with E-state index in [4.69, 9.17) is 14.6 Å². The molecule has 0 aliphatic carbocycles. The molecule has 0 aromatic heterocycles. The molecule has 0 bridgehead atoms. The molecule has 0 heterocycles. The summed E-state index contributed by atoms with van der Waals surface area (Å²) in [5, 5.41) is 11.4. The zero-order valence-electron chi connectivity index (χ0n) is 14.8. The minimum atomic E-state index is -1.09. The van der Waals surface area contributed by atoms with E-state index in [0.717, 1.165) is 5.56 Å². The van der Waals surface area contributed by atoms with E-state index in [1.54, 1.807) is 43.5 Å². The van der Waals surface area contributed by atoms with Crippen LogP contribution in [0.15, 0.2) is 48.5 Å². The molecule has 2 rings (SSSR count). The van der Waals surface area contributed by atoms with Crippen LogP contribution in [0.3, 0.4) is 0 Å². The Balaban J connectivity index is 2.01. The van der Waals surface area contributed by atoms with Crippen molar-refractivity contribution >= 4 is 28.4 Å². The van der Waals surface area contributed by atoms with Gasteiger partial charge in [-0.2, -0.15) is 0 Å². The van der Waals surface area contributed by atoms with Crippen LogP contribution in [-0.4, -0.2) is 47.3 Å². The third-order valence-electron chi connectivity index (χ3n) is 3.49. The number of carboxylic acids is 1. The number of rotatable bonds is 10. The van der Waals surface area contributed by atoms with Crippen LogP contribution in [0, 0.1) is 0 Å². The zero-order chi connectivity index (χ0) is 19.6. The van der Waals surface area contributed by atoms with Gasteiger partial charge in [0, 0.05) is 40.7 Å². The number of benzene rings is 2. The van der Waals surface area contributed by atoms with Crippen LogP contribution in [0.1, 0.15) is 15.9 Å². The first-order valence-electron chi connectivity index (χ1n) is 8.17. The van der Waals surface area contributed by atoms with E-state index < -0.39 is 23.4 Å². The molecule has 144 valence electrons. The van der Waals surface area contributed by atoms with Crippen LogP contribution in [0.5, 0.6) is 5.75 Å². The van der Waals surface area contributed by atoms with Crippen molar-refractivity contribution in [2.24, 2.45) is 0 Å². The van der Waals surface area contributed by atoms with Crippen molar-refractivity contribution in [1.29, 1.82) is 0 Å². The number of ether oxygens (including phenoxy) is 2. The molecule has 0 fully saturated rings. The lowest BCUT2D eigenvalue weighted by Crippen LogP contribution is -2.13. The van der Waals surface area contributed by atoms with E-state index in [0.29, 0.717) is 35.1 Å². The fourth-order valence-electron chi connectivity index (χ4n) is 2.25. The van der Waals surface area contributed by atoms with Gasteiger partial charge in [0.1, 0.15) is 5.75 Å². The summed E-state index contributed by atoms with van der Waals surface area (Å²) in [6.45, 7) is -0.0450. The maximum Gasteiger partial charge on any atom is 0.341 e. The number of carboxylic acid groups (broad SMARTS) is 1. The average Bonchev–Trinajstić information content (AvgIpc) is 2.65. The number of carbonyl (C=O) groups is 2. The number of amides is 1. The monoisotopic (exact) mass is 391 g/mol.